The van der Waals surface area contributed by atoms with Crippen LogP contribution in [0.5, 0.6) is 5.88 Å². The molecule has 2 aromatic rings. The monoisotopic (exact) mass is 423 g/mol. The van der Waals surface area contributed by atoms with Crippen LogP contribution in [-0.2, 0) is 6.54 Å². The predicted octanol–water partition coefficient (Wildman–Crippen LogP) is 4.38. The molecule has 0 aliphatic carbocycles. The Kier molecular flexibility index (Phi) is 4.58. The molecule has 2 heterocycles. The van der Waals surface area contributed by atoms with Crippen LogP contribution in [0.2, 0.25) is 0 Å². The lowest BCUT2D eigenvalue weighted by atomic mass is 10.1. The predicted molar refractivity (Wildman–Crippen MR) is 103 cm³/mol. The number of nitrogens with zero attached hydrogens (tertiary/aromatic N) is 2. The van der Waals surface area contributed by atoms with E-state index in [1.165, 1.54) is 10.6 Å². The third-order valence-corrected chi connectivity index (χ3v) is 4.60. The average molecular weight is 425 g/mol. The normalized spacial score (nSPS) is 14.6. The molecule has 0 atom stereocenters. The second-order valence-corrected chi connectivity index (χ2v) is 6.68. The van der Waals surface area contributed by atoms with Gasteiger partial charge in [-0.25, -0.2) is 4.99 Å². The summed E-state index contributed by atoms with van der Waals surface area (Å²) in [5.41, 5.74) is 1.59. The summed E-state index contributed by atoms with van der Waals surface area (Å²) in [4.78, 5) is 19.0. The number of aromatic hydroxyl groups is 1. The van der Waals surface area contributed by atoms with E-state index in [-0.39, 0.29) is 27.9 Å². The van der Waals surface area contributed by atoms with Crippen LogP contribution < -0.4 is 5.56 Å². The highest BCUT2D eigenvalue weighted by Crippen LogP contribution is 2.39. The Labute approximate surface area is 155 Å². The van der Waals surface area contributed by atoms with Gasteiger partial charge >= 0.3 is 0 Å². The zero-order valence-corrected chi connectivity index (χ0v) is 15.4. The molecule has 24 heavy (non-hydrogen) atoms. The van der Waals surface area contributed by atoms with E-state index in [4.69, 9.17) is 23.8 Å². The van der Waals surface area contributed by atoms with Crippen molar-refractivity contribution in [3.63, 3.8) is 0 Å². The maximum absolute atomic E-state index is 12.2. The fraction of sp³-hybridized carbons (Fsp3) is 0.0625. The SMILES string of the molecule is C=CCn1c(O)c(C=C2C(Cl)=Nc3cc(Br)ccc32)c(=O)[nH]c1=S. The average Bonchev–Trinajstić information content (AvgIpc) is 2.82. The fourth-order valence-corrected chi connectivity index (χ4v) is 3.24. The molecule has 0 spiro atoms. The van der Waals surface area contributed by atoms with E-state index < -0.39 is 5.56 Å². The summed E-state index contributed by atoms with van der Waals surface area (Å²) in [7, 11) is 0. The van der Waals surface area contributed by atoms with E-state index in [2.05, 4.69) is 32.5 Å². The van der Waals surface area contributed by atoms with E-state index >= 15 is 0 Å². The molecule has 1 aliphatic heterocycles. The molecular formula is C16H11BrClN3O2S. The highest BCUT2D eigenvalue weighted by atomic mass is 79.9. The molecule has 1 aromatic heterocycles. The number of benzene rings is 1. The largest absolute Gasteiger partial charge is 0.494 e. The van der Waals surface area contributed by atoms with E-state index in [1.54, 1.807) is 6.08 Å². The molecule has 2 N–H and O–H groups in total. The van der Waals surface area contributed by atoms with Gasteiger partial charge < -0.3 is 5.11 Å². The first-order valence-electron chi connectivity index (χ1n) is 6.85. The van der Waals surface area contributed by atoms with Gasteiger partial charge in [0.2, 0.25) is 5.88 Å². The lowest BCUT2D eigenvalue weighted by molar-refractivity contribution is 0.413. The number of allylic oxidation sites excluding steroid dienone is 2. The number of rotatable bonds is 3. The summed E-state index contributed by atoms with van der Waals surface area (Å²) in [5.74, 6) is -0.244. The van der Waals surface area contributed by atoms with Crippen molar-refractivity contribution < 1.29 is 5.11 Å². The van der Waals surface area contributed by atoms with Gasteiger partial charge in [-0.3, -0.25) is 14.3 Å². The molecule has 0 saturated heterocycles. The van der Waals surface area contributed by atoms with Crippen molar-refractivity contribution in [2.24, 2.45) is 4.99 Å². The molecule has 0 saturated carbocycles. The van der Waals surface area contributed by atoms with Crippen LogP contribution in [0.4, 0.5) is 5.69 Å². The Morgan fingerprint density at radius 2 is 2.25 bits per heavy atom. The second-order valence-electron chi connectivity index (χ2n) is 5.02. The second kappa shape index (κ2) is 6.51. The van der Waals surface area contributed by atoms with Crippen molar-refractivity contribution >= 4 is 62.3 Å². The number of aliphatic imine (C=N–C) groups is 1. The number of hydrogen-bond donors (Lipinski definition) is 2. The van der Waals surface area contributed by atoms with Gasteiger partial charge in [0.1, 0.15) is 10.7 Å². The minimum atomic E-state index is -0.500. The minimum Gasteiger partial charge on any atom is -0.494 e. The third-order valence-electron chi connectivity index (χ3n) is 3.50. The van der Waals surface area contributed by atoms with Gasteiger partial charge in [0, 0.05) is 22.2 Å². The van der Waals surface area contributed by atoms with Gasteiger partial charge in [-0.15, -0.1) is 6.58 Å². The van der Waals surface area contributed by atoms with Crippen molar-refractivity contribution in [1.82, 2.24) is 9.55 Å². The van der Waals surface area contributed by atoms with Crippen LogP contribution in [0.25, 0.3) is 11.6 Å². The van der Waals surface area contributed by atoms with Crippen LogP contribution >= 0.6 is 39.7 Å². The fourth-order valence-electron chi connectivity index (χ4n) is 2.39. The van der Waals surface area contributed by atoms with Crippen molar-refractivity contribution in [3.8, 4) is 5.88 Å². The highest BCUT2D eigenvalue weighted by Gasteiger charge is 2.21. The van der Waals surface area contributed by atoms with Crippen LogP contribution in [0.1, 0.15) is 11.1 Å². The van der Waals surface area contributed by atoms with Crippen molar-refractivity contribution in [1.29, 1.82) is 0 Å². The summed E-state index contributed by atoms with van der Waals surface area (Å²) in [5, 5.41) is 10.7. The first-order valence-corrected chi connectivity index (χ1v) is 8.43. The van der Waals surface area contributed by atoms with Gasteiger partial charge in [-0.05, 0) is 30.4 Å². The Morgan fingerprint density at radius 3 is 2.96 bits per heavy atom. The van der Waals surface area contributed by atoms with Gasteiger partial charge in [0.25, 0.3) is 5.56 Å². The van der Waals surface area contributed by atoms with E-state index in [9.17, 15) is 9.90 Å². The Balaban J connectivity index is 2.23. The van der Waals surface area contributed by atoms with Gasteiger partial charge in [-0.1, -0.05) is 39.7 Å². The molecule has 122 valence electrons. The number of H-pyrrole nitrogens is 1. The molecule has 5 nitrogen and oxygen atoms in total. The highest BCUT2D eigenvalue weighted by molar-refractivity contribution is 9.10. The number of aromatic amines is 1. The summed E-state index contributed by atoms with van der Waals surface area (Å²) < 4.78 is 2.37. The standard InChI is InChI=1S/C16H11BrClN3O2S/c1-2-5-21-15(23)11(14(22)20-16(21)24)7-10-9-4-3-8(17)6-12(9)19-13(10)18/h2-4,6-7,23H,1,5H2,(H,20,22,24). The Morgan fingerprint density at radius 1 is 1.50 bits per heavy atom. The van der Waals surface area contributed by atoms with Crippen LogP contribution in [0.15, 0.2) is 45.1 Å². The molecule has 0 fully saturated rings. The quantitative estimate of drug-likeness (QED) is 0.567. The van der Waals surface area contributed by atoms with E-state index in [0.717, 1.165) is 10.0 Å². The summed E-state index contributed by atoms with van der Waals surface area (Å²) in [6.07, 6.45) is 3.08. The summed E-state index contributed by atoms with van der Waals surface area (Å²) in [6.45, 7) is 3.88. The maximum atomic E-state index is 12.2. The van der Waals surface area contributed by atoms with Crippen LogP contribution in [0, 0.1) is 4.77 Å². The molecule has 1 aliphatic rings. The van der Waals surface area contributed by atoms with Gasteiger partial charge in [0.15, 0.2) is 4.77 Å². The van der Waals surface area contributed by atoms with E-state index in [0.29, 0.717) is 11.3 Å². The van der Waals surface area contributed by atoms with Gasteiger partial charge in [0.05, 0.1) is 5.69 Å². The van der Waals surface area contributed by atoms with Crippen molar-refractivity contribution in [2.75, 3.05) is 0 Å². The third kappa shape index (κ3) is 2.90. The Hall–Kier alpha value is -1.96. The minimum absolute atomic E-state index is 0.0598. The van der Waals surface area contributed by atoms with Crippen molar-refractivity contribution in [2.45, 2.75) is 6.54 Å². The number of halogens is 2. The number of aromatic nitrogens is 2. The van der Waals surface area contributed by atoms with E-state index in [1.807, 2.05) is 18.2 Å². The smallest absolute Gasteiger partial charge is 0.262 e. The molecule has 1 aromatic carbocycles. The summed E-state index contributed by atoms with van der Waals surface area (Å²) in [6, 6.07) is 5.52. The number of nitrogens with one attached hydrogen (secondary N) is 1. The molecule has 0 unspecified atom stereocenters. The molecule has 0 amide bonds. The lowest BCUT2D eigenvalue weighted by Crippen LogP contribution is -2.16. The summed E-state index contributed by atoms with van der Waals surface area (Å²) >= 11 is 14.6. The maximum Gasteiger partial charge on any atom is 0.262 e. The Bertz CT molecular complexity index is 1040. The zero-order chi connectivity index (χ0) is 17.4. The first-order chi connectivity index (χ1) is 11.4. The van der Waals surface area contributed by atoms with Crippen LogP contribution in [0.3, 0.4) is 0 Å². The molecule has 0 radical (unpaired) electrons. The molecule has 3 rings (SSSR count). The zero-order valence-electron chi connectivity index (χ0n) is 12.2. The number of hydrogen-bond acceptors (Lipinski definition) is 4. The molecule has 0 bridgehead atoms. The topological polar surface area (TPSA) is 70.4 Å². The first kappa shape index (κ1) is 16.9. The van der Waals surface area contributed by atoms with Crippen molar-refractivity contribution in [3.05, 3.63) is 61.6 Å². The lowest BCUT2D eigenvalue weighted by Gasteiger charge is -2.09. The van der Waals surface area contributed by atoms with Gasteiger partial charge in [-0.2, -0.15) is 0 Å². The molecular weight excluding hydrogens is 414 g/mol. The van der Waals surface area contributed by atoms with Crippen LogP contribution in [-0.4, -0.2) is 19.8 Å². The molecule has 8 heteroatoms. The number of fused-ring (bicyclic) bond motifs is 1.